The van der Waals surface area contributed by atoms with Gasteiger partial charge in [-0.15, -0.1) is 0 Å². The van der Waals surface area contributed by atoms with E-state index >= 15 is 0 Å². The van der Waals surface area contributed by atoms with E-state index in [9.17, 15) is 9.59 Å². The van der Waals surface area contributed by atoms with Crippen LogP contribution < -0.4 is 19.7 Å². The van der Waals surface area contributed by atoms with Gasteiger partial charge in [0.1, 0.15) is 6.54 Å². The molecule has 0 aromatic heterocycles. The van der Waals surface area contributed by atoms with Gasteiger partial charge in [-0.25, -0.2) is 0 Å². The molecule has 150 valence electrons. The average molecular weight is 384 g/mol. The monoisotopic (exact) mass is 384 g/mol. The minimum absolute atomic E-state index is 0.0751. The first-order chi connectivity index (χ1) is 13.3. The largest absolute Gasteiger partial charge is 0.493 e. The van der Waals surface area contributed by atoms with Crippen molar-refractivity contribution in [2.45, 2.75) is 33.6 Å². The molecule has 0 aliphatic carbocycles. The van der Waals surface area contributed by atoms with Gasteiger partial charge in [0.25, 0.3) is 0 Å². The van der Waals surface area contributed by atoms with Crippen molar-refractivity contribution in [3.05, 3.63) is 47.5 Å². The van der Waals surface area contributed by atoms with Gasteiger partial charge < -0.3 is 19.7 Å². The summed E-state index contributed by atoms with van der Waals surface area (Å²) in [5.74, 6) is 0.849. The normalized spacial score (nSPS) is 10.5. The molecule has 1 N–H and O–H groups in total. The Balaban J connectivity index is 2.27. The zero-order valence-corrected chi connectivity index (χ0v) is 17.3. The van der Waals surface area contributed by atoms with Crippen LogP contribution in [-0.4, -0.2) is 32.6 Å². The molecule has 28 heavy (non-hydrogen) atoms. The second-order valence-electron chi connectivity index (χ2n) is 6.89. The van der Waals surface area contributed by atoms with Crippen molar-refractivity contribution >= 4 is 23.2 Å². The summed E-state index contributed by atoms with van der Waals surface area (Å²) >= 11 is 0. The molecule has 0 unspecified atom stereocenters. The summed E-state index contributed by atoms with van der Waals surface area (Å²) in [5.41, 5.74) is 3.36. The quantitative estimate of drug-likeness (QED) is 0.779. The van der Waals surface area contributed by atoms with Crippen molar-refractivity contribution in [1.82, 2.24) is 0 Å². The van der Waals surface area contributed by atoms with Gasteiger partial charge in [0.15, 0.2) is 11.5 Å². The number of nitrogens with one attached hydrogen (secondary N) is 1. The molecule has 0 aliphatic rings. The molecule has 2 amide bonds. The standard InChI is InChI=1S/C22H28N2O4/c1-14(2)18-9-7-8-15(3)22(18)24(16(4)25)13-21(26)23-17-10-11-19(27-5)20(12-17)28-6/h7-12,14H,13H2,1-6H3,(H,23,26). The molecule has 0 atom stereocenters. The Hall–Kier alpha value is -3.02. The summed E-state index contributed by atoms with van der Waals surface area (Å²) in [4.78, 5) is 26.6. The molecule has 0 heterocycles. The number of rotatable bonds is 7. The van der Waals surface area contributed by atoms with E-state index in [1.165, 1.54) is 18.9 Å². The lowest BCUT2D eigenvalue weighted by atomic mass is 9.97. The van der Waals surface area contributed by atoms with Crippen LogP contribution in [-0.2, 0) is 9.59 Å². The van der Waals surface area contributed by atoms with E-state index in [2.05, 4.69) is 19.2 Å². The highest BCUT2D eigenvalue weighted by atomic mass is 16.5. The molecule has 2 rings (SSSR count). The van der Waals surface area contributed by atoms with Crippen molar-refractivity contribution in [3.8, 4) is 11.5 Å². The lowest BCUT2D eigenvalue weighted by molar-refractivity contribution is -0.120. The van der Waals surface area contributed by atoms with Crippen LogP contribution in [0.2, 0.25) is 0 Å². The highest BCUT2D eigenvalue weighted by molar-refractivity contribution is 6.02. The number of anilines is 2. The van der Waals surface area contributed by atoms with Crippen LogP contribution in [0.4, 0.5) is 11.4 Å². The van der Waals surface area contributed by atoms with E-state index in [1.54, 1.807) is 25.3 Å². The van der Waals surface area contributed by atoms with Crippen LogP contribution in [0.3, 0.4) is 0 Å². The smallest absolute Gasteiger partial charge is 0.244 e. The second-order valence-corrected chi connectivity index (χ2v) is 6.89. The van der Waals surface area contributed by atoms with Crippen molar-refractivity contribution in [3.63, 3.8) is 0 Å². The zero-order chi connectivity index (χ0) is 20.8. The molecule has 0 saturated heterocycles. The number of carbonyl (C=O) groups excluding carboxylic acids is 2. The first-order valence-electron chi connectivity index (χ1n) is 9.18. The zero-order valence-electron chi connectivity index (χ0n) is 17.3. The summed E-state index contributed by atoms with van der Waals surface area (Å²) in [6.45, 7) is 7.48. The number of ether oxygens (including phenoxy) is 2. The molecule has 0 saturated carbocycles. The average Bonchev–Trinajstić information content (AvgIpc) is 2.65. The Morgan fingerprint density at radius 1 is 1.07 bits per heavy atom. The predicted octanol–water partition coefficient (Wildman–Crippen LogP) is 4.13. The van der Waals surface area contributed by atoms with Gasteiger partial charge in [-0.3, -0.25) is 9.59 Å². The lowest BCUT2D eigenvalue weighted by Crippen LogP contribution is -2.37. The van der Waals surface area contributed by atoms with Gasteiger partial charge in [0.2, 0.25) is 11.8 Å². The Morgan fingerprint density at radius 2 is 1.75 bits per heavy atom. The fraction of sp³-hybridized carbons (Fsp3) is 0.364. The van der Waals surface area contributed by atoms with E-state index in [1.807, 2.05) is 25.1 Å². The molecule has 0 radical (unpaired) electrons. The molecule has 0 fully saturated rings. The van der Waals surface area contributed by atoms with Crippen molar-refractivity contribution < 1.29 is 19.1 Å². The third kappa shape index (κ3) is 4.82. The maximum Gasteiger partial charge on any atom is 0.244 e. The van der Waals surface area contributed by atoms with E-state index < -0.39 is 0 Å². The lowest BCUT2D eigenvalue weighted by Gasteiger charge is -2.27. The number of nitrogens with zero attached hydrogens (tertiary/aromatic N) is 1. The van der Waals surface area contributed by atoms with E-state index in [0.717, 1.165) is 16.8 Å². The van der Waals surface area contributed by atoms with Gasteiger partial charge in [-0.05, 0) is 36.1 Å². The van der Waals surface area contributed by atoms with Gasteiger partial charge in [0.05, 0.1) is 19.9 Å². The van der Waals surface area contributed by atoms with Crippen LogP contribution in [0, 0.1) is 6.92 Å². The van der Waals surface area contributed by atoms with Gasteiger partial charge in [-0.1, -0.05) is 32.0 Å². The minimum atomic E-state index is -0.291. The first-order valence-corrected chi connectivity index (χ1v) is 9.18. The van der Waals surface area contributed by atoms with Crippen molar-refractivity contribution in [2.24, 2.45) is 0 Å². The topological polar surface area (TPSA) is 67.9 Å². The van der Waals surface area contributed by atoms with Crippen LogP contribution in [0.5, 0.6) is 11.5 Å². The number of methoxy groups -OCH3 is 2. The molecular weight excluding hydrogens is 356 g/mol. The molecule has 0 spiro atoms. The number of benzene rings is 2. The first kappa shape index (κ1) is 21.3. The van der Waals surface area contributed by atoms with Crippen LogP contribution in [0.15, 0.2) is 36.4 Å². The van der Waals surface area contributed by atoms with E-state index in [4.69, 9.17) is 9.47 Å². The highest BCUT2D eigenvalue weighted by Crippen LogP contribution is 2.32. The molecule has 0 bridgehead atoms. The molecule has 6 heteroatoms. The SMILES string of the molecule is COc1ccc(NC(=O)CN(C(C)=O)c2c(C)cccc2C(C)C)cc1OC. The fourth-order valence-corrected chi connectivity index (χ4v) is 3.12. The fourth-order valence-electron chi connectivity index (χ4n) is 3.12. The van der Waals surface area contributed by atoms with Crippen molar-refractivity contribution in [1.29, 1.82) is 0 Å². The summed E-state index contributed by atoms with van der Waals surface area (Å²) in [7, 11) is 3.09. The van der Waals surface area contributed by atoms with Gasteiger partial charge in [0, 0.05) is 18.7 Å². The number of carbonyl (C=O) groups is 2. The summed E-state index contributed by atoms with van der Waals surface area (Å²) < 4.78 is 10.5. The number of hydrogen-bond donors (Lipinski definition) is 1. The van der Waals surface area contributed by atoms with Crippen LogP contribution >= 0.6 is 0 Å². The van der Waals surface area contributed by atoms with Crippen molar-refractivity contribution in [2.75, 3.05) is 31.0 Å². The third-order valence-electron chi connectivity index (χ3n) is 4.51. The number of para-hydroxylation sites is 1. The Morgan fingerprint density at radius 3 is 2.32 bits per heavy atom. The van der Waals surface area contributed by atoms with Crippen LogP contribution in [0.25, 0.3) is 0 Å². The Bertz CT molecular complexity index is 862. The summed E-state index contributed by atoms with van der Waals surface area (Å²) in [6.07, 6.45) is 0. The highest BCUT2D eigenvalue weighted by Gasteiger charge is 2.22. The Labute approximate surface area is 166 Å². The van der Waals surface area contributed by atoms with E-state index in [0.29, 0.717) is 17.2 Å². The summed E-state index contributed by atoms with van der Waals surface area (Å²) in [5, 5.41) is 2.82. The van der Waals surface area contributed by atoms with Gasteiger partial charge in [-0.2, -0.15) is 0 Å². The van der Waals surface area contributed by atoms with Crippen LogP contribution in [0.1, 0.15) is 37.8 Å². The third-order valence-corrected chi connectivity index (χ3v) is 4.51. The van der Waals surface area contributed by atoms with Gasteiger partial charge >= 0.3 is 0 Å². The van der Waals surface area contributed by atoms with E-state index in [-0.39, 0.29) is 24.3 Å². The molecule has 2 aromatic carbocycles. The maximum atomic E-state index is 12.7. The maximum absolute atomic E-state index is 12.7. The number of aryl methyl sites for hydroxylation is 1. The predicted molar refractivity (Wildman–Crippen MR) is 111 cm³/mol. The number of hydrogen-bond acceptors (Lipinski definition) is 4. The Kier molecular flexibility index (Phi) is 7.04. The minimum Gasteiger partial charge on any atom is -0.493 e. The summed E-state index contributed by atoms with van der Waals surface area (Å²) in [6, 6.07) is 11.0. The molecule has 2 aromatic rings. The molecule has 0 aliphatic heterocycles. The number of amides is 2. The molecule has 6 nitrogen and oxygen atoms in total. The molecular formula is C22H28N2O4. The second kappa shape index (κ2) is 9.26.